The molecule has 7 nitrogen and oxygen atoms in total. The largest absolute Gasteiger partial charge is 0.422 e. The van der Waals surface area contributed by atoms with Crippen molar-refractivity contribution in [2.75, 3.05) is 11.9 Å². The Bertz CT molecular complexity index is 1030. The maximum atomic E-state index is 12.2. The molecule has 0 aliphatic carbocycles. The van der Waals surface area contributed by atoms with E-state index < -0.39 is 11.5 Å². The number of carbonyl (C=O) groups excluding carboxylic acids is 2. The Morgan fingerprint density at radius 2 is 1.92 bits per heavy atom. The molecule has 7 heteroatoms. The summed E-state index contributed by atoms with van der Waals surface area (Å²) < 4.78 is 5.13. The van der Waals surface area contributed by atoms with Crippen LogP contribution in [0.15, 0.2) is 57.7 Å². The third kappa shape index (κ3) is 4.13. The van der Waals surface area contributed by atoms with E-state index in [1.54, 1.807) is 36.4 Å². The average Bonchev–Trinajstić information content (AvgIpc) is 2.61. The molecule has 1 aromatic carbocycles. The van der Waals surface area contributed by atoms with Crippen LogP contribution in [-0.2, 0) is 4.79 Å². The lowest BCUT2D eigenvalue weighted by Gasteiger charge is -2.07. The van der Waals surface area contributed by atoms with E-state index in [2.05, 4.69) is 15.6 Å². The van der Waals surface area contributed by atoms with Crippen LogP contribution in [0, 0.1) is 6.92 Å². The topological polar surface area (TPSA) is 101 Å². The van der Waals surface area contributed by atoms with Crippen molar-refractivity contribution < 1.29 is 14.0 Å². The Hall–Kier alpha value is -3.48. The highest BCUT2D eigenvalue weighted by atomic mass is 16.4. The van der Waals surface area contributed by atoms with Crippen LogP contribution in [0.3, 0.4) is 0 Å². The van der Waals surface area contributed by atoms with Crippen molar-refractivity contribution in [2.24, 2.45) is 0 Å². The molecule has 132 valence electrons. The summed E-state index contributed by atoms with van der Waals surface area (Å²) in [6.45, 7) is 1.91. The minimum Gasteiger partial charge on any atom is -0.422 e. The van der Waals surface area contributed by atoms with E-state index in [9.17, 15) is 14.4 Å². The normalized spacial score (nSPS) is 10.5. The third-order valence-corrected chi connectivity index (χ3v) is 3.68. The number of aryl methyl sites for hydroxylation is 1. The predicted molar refractivity (Wildman–Crippen MR) is 97.0 cm³/mol. The molecule has 3 aromatic rings. The molecule has 0 radical (unpaired) electrons. The van der Waals surface area contributed by atoms with E-state index in [1.165, 1.54) is 6.07 Å². The van der Waals surface area contributed by atoms with Crippen molar-refractivity contribution in [1.29, 1.82) is 0 Å². The second kappa shape index (κ2) is 7.60. The van der Waals surface area contributed by atoms with E-state index in [0.29, 0.717) is 16.8 Å². The lowest BCUT2D eigenvalue weighted by molar-refractivity contribution is -0.116. The zero-order valence-electron chi connectivity index (χ0n) is 14.1. The van der Waals surface area contributed by atoms with Gasteiger partial charge in [-0.05, 0) is 31.2 Å². The van der Waals surface area contributed by atoms with Gasteiger partial charge in [0.1, 0.15) is 17.0 Å². The van der Waals surface area contributed by atoms with Gasteiger partial charge in [0.25, 0.3) is 5.91 Å². The van der Waals surface area contributed by atoms with Crippen LogP contribution in [0.4, 0.5) is 5.82 Å². The summed E-state index contributed by atoms with van der Waals surface area (Å²) in [5.41, 5.74) is 0.400. The highest BCUT2D eigenvalue weighted by Crippen LogP contribution is 2.12. The van der Waals surface area contributed by atoms with Gasteiger partial charge >= 0.3 is 5.63 Å². The van der Waals surface area contributed by atoms with Crippen molar-refractivity contribution in [3.05, 3.63) is 70.2 Å². The first-order valence-electron chi connectivity index (χ1n) is 8.07. The number of para-hydroxylation sites is 1. The summed E-state index contributed by atoms with van der Waals surface area (Å²) >= 11 is 0. The van der Waals surface area contributed by atoms with Crippen LogP contribution >= 0.6 is 0 Å². The summed E-state index contributed by atoms with van der Waals surface area (Å²) in [6.07, 6.45) is 0.0558. The van der Waals surface area contributed by atoms with Crippen molar-refractivity contribution >= 4 is 28.6 Å². The monoisotopic (exact) mass is 351 g/mol. The molecule has 0 bridgehead atoms. The molecule has 0 aliphatic rings. The van der Waals surface area contributed by atoms with Crippen LogP contribution < -0.4 is 16.3 Å². The van der Waals surface area contributed by atoms with Crippen molar-refractivity contribution in [2.45, 2.75) is 13.3 Å². The van der Waals surface area contributed by atoms with Gasteiger partial charge in [-0.3, -0.25) is 9.59 Å². The Balaban J connectivity index is 1.58. The number of nitrogens with zero attached hydrogens (tertiary/aromatic N) is 1. The van der Waals surface area contributed by atoms with Gasteiger partial charge in [0.2, 0.25) is 5.91 Å². The Labute approximate surface area is 149 Å². The molecule has 3 rings (SSSR count). The van der Waals surface area contributed by atoms with E-state index in [1.807, 2.05) is 13.0 Å². The van der Waals surface area contributed by atoms with Gasteiger partial charge in [0, 0.05) is 24.0 Å². The SMILES string of the molecule is Cc1cccc(NC(=O)CCNC(=O)c2cc3ccccc3oc2=O)n1. The number of hydrogen-bond donors (Lipinski definition) is 2. The van der Waals surface area contributed by atoms with Crippen molar-refractivity contribution in [3.63, 3.8) is 0 Å². The number of nitrogens with one attached hydrogen (secondary N) is 2. The number of anilines is 1. The first-order chi connectivity index (χ1) is 12.5. The summed E-state index contributed by atoms with van der Waals surface area (Å²) in [4.78, 5) is 40.2. The number of rotatable bonds is 5. The summed E-state index contributed by atoms with van der Waals surface area (Å²) in [5.74, 6) is -0.406. The lowest BCUT2D eigenvalue weighted by Crippen LogP contribution is -2.31. The molecule has 2 aromatic heterocycles. The highest BCUT2D eigenvalue weighted by Gasteiger charge is 2.13. The molecule has 2 heterocycles. The fraction of sp³-hybridized carbons (Fsp3) is 0.158. The fourth-order valence-electron chi connectivity index (χ4n) is 2.42. The number of carbonyl (C=O) groups is 2. The van der Waals surface area contributed by atoms with Gasteiger partial charge in [-0.2, -0.15) is 0 Å². The average molecular weight is 351 g/mol. The van der Waals surface area contributed by atoms with Gasteiger partial charge in [-0.25, -0.2) is 9.78 Å². The number of amides is 2. The Morgan fingerprint density at radius 3 is 2.73 bits per heavy atom. The van der Waals surface area contributed by atoms with Crippen LogP contribution in [0.2, 0.25) is 0 Å². The molecule has 0 unspecified atom stereocenters. The van der Waals surface area contributed by atoms with E-state index in [0.717, 1.165) is 5.69 Å². The number of fused-ring (bicyclic) bond motifs is 1. The summed E-state index contributed by atoms with van der Waals surface area (Å²) in [5, 5.41) is 5.86. The molecular formula is C19H17N3O4. The Kier molecular flexibility index (Phi) is 5.07. The van der Waals surface area contributed by atoms with Crippen LogP contribution in [0.5, 0.6) is 0 Å². The minimum absolute atomic E-state index is 0.0558. The van der Waals surface area contributed by atoms with Gasteiger partial charge in [-0.1, -0.05) is 24.3 Å². The van der Waals surface area contributed by atoms with Crippen molar-refractivity contribution in [1.82, 2.24) is 10.3 Å². The third-order valence-electron chi connectivity index (χ3n) is 3.68. The predicted octanol–water partition coefficient (Wildman–Crippen LogP) is 2.26. The second-order valence-corrected chi connectivity index (χ2v) is 5.70. The Morgan fingerprint density at radius 1 is 1.12 bits per heavy atom. The zero-order valence-corrected chi connectivity index (χ0v) is 14.1. The first kappa shape index (κ1) is 17.3. The molecule has 0 fully saturated rings. The van der Waals surface area contributed by atoms with Gasteiger partial charge < -0.3 is 15.1 Å². The number of benzene rings is 1. The van der Waals surface area contributed by atoms with Crippen LogP contribution in [0.1, 0.15) is 22.5 Å². The fourth-order valence-corrected chi connectivity index (χ4v) is 2.42. The maximum Gasteiger partial charge on any atom is 0.349 e. The molecule has 0 aliphatic heterocycles. The van der Waals surface area contributed by atoms with E-state index in [4.69, 9.17) is 4.42 Å². The van der Waals surface area contributed by atoms with Gasteiger partial charge in [0.05, 0.1) is 0 Å². The smallest absolute Gasteiger partial charge is 0.349 e. The molecule has 0 spiro atoms. The van der Waals surface area contributed by atoms with Crippen LogP contribution in [0.25, 0.3) is 11.0 Å². The van der Waals surface area contributed by atoms with E-state index in [-0.39, 0.29) is 24.4 Å². The number of hydrogen-bond acceptors (Lipinski definition) is 5. The number of pyridine rings is 1. The van der Waals surface area contributed by atoms with Gasteiger partial charge in [-0.15, -0.1) is 0 Å². The second-order valence-electron chi connectivity index (χ2n) is 5.70. The molecule has 26 heavy (non-hydrogen) atoms. The molecule has 0 saturated carbocycles. The lowest BCUT2D eigenvalue weighted by atomic mass is 10.2. The molecular weight excluding hydrogens is 334 g/mol. The van der Waals surface area contributed by atoms with Crippen LogP contribution in [-0.4, -0.2) is 23.3 Å². The zero-order chi connectivity index (χ0) is 18.5. The molecule has 2 amide bonds. The molecule has 2 N–H and O–H groups in total. The highest BCUT2D eigenvalue weighted by molar-refractivity contribution is 5.97. The maximum absolute atomic E-state index is 12.2. The molecule has 0 atom stereocenters. The van der Waals surface area contributed by atoms with E-state index >= 15 is 0 Å². The molecule has 0 saturated heterocycles. The number of aromatic nitrogens is 1. The quantitative estimate of drug-likeness (QED) is 0.687. The minimum atomic E-state index is -0.713. The first-order valence-corrected chi connectivity index (χ1v) is 8.07. The van der Waals surface area contributed by atoms with Gasteiger partial charge in [0.15, 0.2) is 0 Å². The summed E-state index contributed by atoms with van der Waals surface area (Å²) in [7, 11) is 0. The summed E-state index contributed by atoms with van der Waals surface area (Å²) in [6, 6.07) is 13.7. The standard InChI is InChI=1S/C19H17N3O4/c1-12-5-4-8-16(21-12)22-17(23)9-10-20-18(24)14-11-13-6-2-3-7-15(13)26-19(14)25/h2-8,11H,9-10H2,1H3,(H,20,24)(H,21,22,23). The van der Waals surface area contributed by atoms with Crippen molar-refractivity contribution in [3.8, 4) is 0 Å².